The molecule has 0 aliphatic carbocycles. The Morgan fingerprint density at radius 1 is 1.39 bits per heavy atom. The molecule has 4 rings (SSSR count). The van der Waals surface area contributed by atoms with E-state index >= 15 is 0 Å². The quantitative estimate of drug-likeness (QED) is 0.111. The molecule has 0 bridgehead atoms. The number of carbonyl (C=O) groups is 4. The summed E-state index contributed by atoms with van der Waals surface area (Å²) in [6.07, 6.45) is 0.334. The fourth-order valence-corrected chi connectivity index (χ4v) is 5.22. The zero-order valence-corrected chi connectivity index (χ0v) is 21.0. The molecule has 1 aromatic rings. The Morgan fingerprint density at radius 2 is 2.12 bits per heavy atom. The van der Waals surface area contributed by atoms with Crippen LogP contribution in [0.4, 0.5) is 9.93 Å². The van der Waals surface area contributed by atoms with Crippen molar-refractivity contribution in [1.82, 2.24) is 20.1 Å². The van der Waals surface area contributed by atoms with Crippen LogP contribution in [0.15, 0.2) is 21.8 Å². The van der Waals surface area contributed by atoms with Crippen molar-refractivity contribution in [3.05, 3.63) is 22.3 Å². The van der Waals surface area contributed by atoms with Gasteiger partial charge in [0.2, 0.25) is 0 Å². The fourth-order valence-electron chi connectivity index (χ4n) is 3.34. The molecule has 0 aromatic carbocycles. The number of carboxylic acids is 1. The van der Waals surface area contributed by atoms with E-state index in [-0.39, 0.29) is 64.0 Å². The first-order chi connectivity index (χ1) is 15.3. The molecule has 2 atom stereocenters. The molecule has 1 aromatic heterocycles. The second-order valence-electron chi connectivity index (χ2n) is 7.02. The maximum absolute atomic E-state index is 12.7. The third kappa shape index (κ3) is 4.82. The first-order valence-electron chi connectivity index (χ1n) is 9.36. The summed E-state index contributed by atoms with van der Waals surface area (Å²) in [7, 11) is 0. The summed E-state index contributed by atoms with van der Waals surface area (Å²) >= 11 is 2.23. The Bertz CT molecular complexity index is 1060. The maximum atomic E-state index is 12.7. The zero-order chi connectivity index (χ0) is 23.0. The second kappa shape index (κ2) is 10.3. The molecule has 3 aliphatic rings. The Kier molecular flexibility index (Phi) is 7.89. The van der Waals surface area contributed by atoms with Gasteiger partial charge in [0.15, 0.2) is 10.8 Å². The van der Waals surface area contributed by atoms with Crippen LogP contribution >= 0.6 is 23.1 Å². The predicted octanol–water partition coefficient (Wildman–Crippen LogP) is -4.85. The van der Waals surface area contributed by atoms with Crippen molar-refractivity contribution in [1.29, 1.82) is 0 Å². The molecule has 170 valence electrons. The standard InChI is InChI=1S/C17H18N6O7S2.Na/c18-16-19-8(6-32-16)9(21-29)12(24)20-10-13(25)23-11(15(26)27)7(5-31-14(10)23)4-30-17(28)22-2-1-3-22;/h6,10,14,29H,1-5H2,(H2,18,19)(H,20,24)(H,26,27);/q;+1/p-1/b21-9-;/t10?,14-;/m0./s1. The third-order valence-corrected chi connectivity index (χ3v) is 7.10. The fraction of sp³-hybridized carbons (Fsp3) is 0.412. The number of likely N-dealkylation sites (tertiary alicyclic amines) is 1. The van der Waals surface area contributed by atoms with Crippen molar-refractivity contribution in [2.45, 2.75) is 17.8 Å². The van der Waals surface area contributed by atoms with E-state index < -0.39 is 41.0 Å². The molecule has 4 heterocycles. The van der Waals surface area contributed by atoms with Gasteiger partial charge in [0.25, 0.3) is 11.8 Å². The number of anilines is 1. The monoisotopic (exact) mass is 504 g/mol. The van der Waals surface area contributed by atoms with Gasteiger partial charge in [-0.3, -0.25) is 14.5 Å². The van der Waals surface area contributed by atoms with Gasteiger partial charge in [0.05, 0.1) is 11.7 Å². The SMILES string of the molecule is Nc1nc(/C(=N/O)C(=O)NC2C(=O)N3C(C(=O)[O-])=C(COC(=O)N4CCC4)CS[C@@H]23)cs1.[Na+]. The van der Waals surface area contributed by atoms with Crippen LogP contribution in [0.2, 0.25) is 0 Å². The first kappa shape index (κ1) is 25.3. The number of aliphatic carboxylic acids is 1. The molecule has 3 amide bonds. The van der Waals surface area contributed by atoms with Gasteiger partial charge in [-0.05, 0) is 6.42 Å². The number of hydrogen-bond acceptors (Lipinski definition) is 12. The summed E-state index contributed by atoms with van der Waals surface area (Å²) < 4.78 is 5.15. The van der Waals surface area contributed by atoms with Crippen LogP contribution in [0, 0.1) is 0 Å². The van der Waals surface area contributed by atoms with Crippen LogP contribution < -0.4 is 45.7 Å². The topological polar surface area (TPSA) is 191 Å². The van der Waals surface area contributed by atoms with Gasteiger partial charge in [0.1, 0.15) is 23.7 Å². The Hall–Kier alpha value is -2.33. The number of thiazole rings is 1. The van der Waals surface area contributed by atoms with Crippen LogP contribution in [-0.4, -0.2) is 86.4 Å². The molecule has 4 N–H and O–H groups in total. The van der Waals surface area contributed by atoms with E-state index in [1.807, 2.05) is 0 Å². The number of nitrogens with zero attached hydrogens (tertiary/aromatic N) is 4. The number of amides is 3. The molecule has 0 radical (unpaired) electrons. The van der Waals surface area contributed by atoms with Gasteiger partial charge in [-0.25, -0.2) is 9.78 Å². The Balaban J connectivity index is 0.00000306. The molecule has 13 nitrogen and oxygen atoms in total. The summed E-state index contributed by atoms with van der Waals surface area (Å²) in [5, 5.41) is 27.1. The Labute approximate surface area is 217 Å². The molecular formula is C17H17N6NaO7S2. The van der Waals surface area contributed by atoms with E-state index in [0.717, 1.165) is 22.7 Å². The van der Waals surface area contributed by atoms with Crippen LogP contribution in [0.3, 0.4) is 0 Å². The van der Waals surface area contributed by atoms with E-state index in [0.29, 0.717) is 13.1 Å². The van der Waals surface area contributed by atoms with Gasteiger partial charge < -0.3 is 35.8 Å². The molecule has 16 heteroatoms. The number of carbonyl (C=O) groups excluding carboxylic acids is 4. The van der Waals surface area contributed by atoms with Crippen molar-refractivity contribution in [2.75, 3.05) is 31.2 Å². The number of nitrogens with two attached hydrogens (primary N) is 1. The number of nitrogen functional groups attached to an aromatic ring is 1. The minimum atomic E-state index is -1.58. The average Bonchev–Trinajstić information content (AvgIpc) is 3.14. The molecule has 0 spiro atoms. The van der Waals surface area contributed by atoms with Crippen molar-refractivity contribution in [2.24, 2.45) is 5.16 Å². The summed E-state index contributed by atoms with van der Waals surface area (Å²) in [5.41, 5.74) is 4.99. The number of fused-ring (bicyclic) bond motifs is 1. The smallest absolute Gasteiger partial charge is 0.543 e. The molecule has 0 saturated carbocycles. The number of hydrogen-bond donors (Lipinski definition) is 3. The van der Waals surface area contributed by atoms with Gasteiger partial charge >= 0.3 is 35.7 Å². The minimum absolute atomic E-state index is 0. The number of β-lactam (4-membered cyclic amide) rings is 1. The predicted molar refractivity (Wildman–Crippen MR) is 109 cm³/mol. The van der Waals surface area contributed by atoms with E-state index in [4.69, 9.17) is 10.5 Å². The molecular weight excluding hydrogens is 487 g/mol. The van der Waals surface area contributed by atoms with Crippen molar-refractivity contribution < 1.29 is 63.8 Å². The van der Waals surface area contributed by atoms with Gasteiger partial charge in [-0.15, -0.1) is 23.1 Å². The molecule has 2 fully saturated rings. The largest absolute Gasteiger partial charge is 1.00 e. The maximum Gasteiger partial charge on any atom is 1.00 e. The van der Waals surface area contributed by atoms with E-state index in [1.165, 1.54) is 22.0 Å². The summed E-state index contributed by atoms with van der Waals surface area (Å²) in [5.74, 6) is -2.99. The van der Waals surface area contributed by atoms with E-state index in [2.05, 4.69) is 15.5 Å². The summed E-state index contributed by atoms with van der Waals surface area (Å²) in [4.78, 5) is 55.1. The van der Waals surface area contributed by atoms with Gasteiger partial charge in [-0.1, -0.05) is 5.16 Å². The molecule has 33 heavy (non-hydrogen) atoms. The Morgan fingerprint density at radius 3 is 2.67 bits per heavy atom. The number of oxime groups is 1. The molecule has 2 saturated heterocycles. The van der Waals surface area contributed by atoms with Crippen molar-refractivity contribution in [3.63, 3.8) is 0 Å². The van der Waals surface area contributed by atoms with E-state index in [9.17, 15) is 29.5 Å². The third-order valence-electron chi connectivity index (χ3n) is 5.09. The average molecular weight is 504 g/mol. The summed E-state index contributed by atoms with van der Waals surface area (Å²) in [6.45, 7) is 0.882. The summed E-state index contributed by atoms with van der Waals surface area (Å²) in [6, 6.07) is -1.06. The van der Waals surface area contributed by atoms with Crippen LogP contribution in [0.25, 0.3) is 0 Å². The van der Waals surface area contributed by atoms with Gasteiger partial charge in [0, 0.05) is 29.8 Å². The molecule has 3 aliphatic heterocycles. The number of aromatic nitrogens is 1. The second-order valence-corrected chi connectivity index (χ2v) is 9.01. The first-order valence-corrected chi connectivity index (χ1v) is 11.3. The van der Waals surface area contributed by atoms with Crippen LogP contribution in [0.5, 0.6) is 0 Å². The number of carboxylic acid groups (broad SMARTS) is 1. The van der Waals surface area contributed by atoms with Gasteiger partial charge in [-0.2, -0.15) is 0 Å². The number of nitrogens with one attached hydrogen (secondary N) is 1. The molecule has 1 unspecified atom stereocenters. The number of ether oxygens (including phenoxy) is 1. The van der Waals surface area contributed by atoms with E-state index in [1.54, 1.807) is 0 Å². The minimum Gasteiger partial charge on any atom is -0.543 e. The van der Waals surface area contributed by atoms with Crippen LogP contribution in [-0.2, 0) is 19.1 Å². The van der Waals surface area contributed by atoms with Crippen molar-refractivity contribution in [3.8, 4) is 0 Å². The van der Waals surface area contributed by atoms with Crippen LogP contribution in [0.1, 0.15) is 12.1 Å². The number of rotatable bonds is 6. The number of thioether (sulfide) groups is 1. The normalized spacial score (nSPS) is 21.9. The van der Waals surface area contributed by atoms with Crippen molar-refractivity contribution >= 4 is 57.8 Å². The zero-order valence-electron chi connectivity index (χ0n) is 17.3.